The van der Waals surface area contributed by atoms with Crippen LogP contribution in [0.25, 0.3) is 0 Å². The van der Waals surface area contributed by atoms with E-state index < -0.39 is 46.6 Å². The topological polar surface area (TPSA) is 65.8 Å². The second-order valence-electron chi connectivity index (χ2n) is 10.5. The van der Waals surface area contributed by atoms with Gasteiger partial charge in [0.15, 0.2) is 23.1 Å². The lowest BCUT2D eigenvalue weighted by molar-refractivity contribution is -0.0108. The van der Waals surface area contributed by atoms with Gasteiger partial charge in [-0.1, -0.05) is 24.3 Å². The van der Waals surface area contributed by atoms with Crippen molar-refractivity contribution < 1.29 is 23.1 Å². The average Bonchev–Trinajstić information content (AvgIpc) is 3.77. The van der Waals surface area contributed by atoms with E-state index in [9.17, 15) is 19.1 Å². The van der Waals surface area contributed by atoms with Crippen LogP contribution in [0.4, 0.5) is 13.2 Å². The van der Waals surface area contributed by atoms with Crippen LogP contribution in [0.15, 0.2) is 58.4 Å². The van der Waals surface area contributed by atoms with E-state index >= 15 is 8.78 Å². The first-order chi connectivity index (χ1) is 18.3. The molecule has 7 rings (SSSR count). The third-order valence-electron chi connectivity index (χ3n) is 8.41. The quantitative estimate of drug-likeness (QED) is 0.504. The van der Waals surface area contributed by atoms with Crippen LogP contribution >= 0.6 is 11.8 Å². The van der Waals surface area contributed by atoms with Crippen LogP contribution < -0.4 is 10.4 Å². The normalized spacial score (nSPS) is 26.2. The Kier molecular flexibility index (Phi) is 5.17. The maximum Gasteiger partial charge on any atom is 0.278 e. The van der Waals surface area contributed by atoms with Crippen LogP contribution in [-0.2, 0) is 5.75 Å². The summed E-state index contributed by atoms with van der Waals surface area (Å²) in [4.78, 5) is 28.4. The Morgan fingerprint density at radius 1 is 1.03 bits per heavy atom. The van der Waals surface area contributed by atoms with Gasteiger partial charge in [0, 0.05) is 41.4 Å². The van der Waals surface area contributed by atoms with Gasteiger partial charge >= 0.3 is 0 Å². The highest BCUT2D eigenvalue weighted by Crippen LogP contribution is 2.52. The van der Waals surface area contributed by atoms with Crippen molar-refractivity contribution in [2.24, 2.45) is 5.92 Å². The number of carbonyl (C=O) groups excluding carboxylic acids is 1. The Morgan fingerprint density at radius 2 is 1.82 bits per heavy atom. The van der Waals surface area contributed by atoms with E-state index in [0.29, 0.717) is 5.56 Å². The minimum Gasteiger partial charge on any atom is -0.502 e. The Morgan fingerprint density at radius 3 is 2.61 bits per heavy atom. The molecule has 1 saturated heterocycles. The smallest absolute Gasteiger partial charge is 0.278 e. The molecule has 0 spiro atoms. The molecule has 2 fully saturated rings. The predicted octanol–water partition coefficient (Wildman–Crippen LogP) is 4.86. The lowest BCUT2D eigenvalue weighted by Crippen LogP contribution is -2.66. The van der Waals surface area contributed by atoms with Crippen LogP contribution in [0.3, 0.4) is 0 Å². The highest BCUT2D eigenvalue weighted by molar-refractivity contribution is 7.98. The molecule has 0 radical (unpaired) electrons. The molecular weight excluding hydrogens is 515 g/mol. The zero-order valence-corrected chi connectivity index (χ0v) is 21.1. The summed E-state index contributed by atoms with van der Waals surface area (Å²) in [5.74, 6) is -3.04. The summed E-state index contributed by atoms with van der Waals surface area (Å²) in [5, 5.41) is 12.5. The van der Waals surface area contributed by atoms with E-state index in [2.05, 4.69) is 0 Å². The molecule has 196 valence electrons. The molecule has 6 nitrogen and oxygen atoms in total. The number of hydrogen-bond acceptors (Lipinski definition) is 5. The van der Waals surface area contributed by atoms with E-state index in [-0.39, 0.29) is 42.3 Å². The summed E-state index contributed by atoms with van der Waals surface area (Å²) in [6.07, 6.45) is 2.39. The molecular formula is C28H24F3N3O3S. The summed E-state index contributed by atoms with van der Waals surface area (Å²) in [6.45, 7) is 0.114. The van der Waals surface area contributed by atoms with Crippen molar-refractivity contribution in [1.82, 2.24) is 9.58 Å². The number of aromatic hydroxyl groups is 1. The number of hydrogen-bond donors (Lipinski definition) is 1. The molecule has 10 heteroatoms. The van der Waals surface area contributed by atoms with Gasteiger partial charge in [0.25, 0.3) is 5.91 Å². The Balaban J connectivity index is 1.51. The zero-order valence-electron chi connectivity index (χ0n) is 20.2. The number of fused-ring (bicyclic) bond motifs is 4. The van der Waals surface area contributed by atoms with Gasteiger partial charge in [-0.2, -0.15) is 0 Å². The van der Waals surface area contributed by atoms with Gasteiger partial charge in [-0.15, -0.1) is 11.8 Å². The second-order valence-corrected chi connectivity index (χ2v) is 11.5. The molecule has 3 aliphatic heterocycles. The summed E-state index contributed by atoms with van der Waals surface area (Å²) in [7, 11) is 0. The van der Waals surface area contributed by atoms with Gasteiger partial charge in [0.1, 0.15) is 11.8 Å². The fourth-order valence-corrected chi connectivity index (χ4v) is 7.47. The zero-order chi connectivity index (χ0) is 26.3. The number of amides is 1. The Labute approximate surface area is 220 Å². The van der Waals surface area contributed by atoms with Crippen molar-refractivity contribution in [3.8, 4) is 5.75 Å². The van der Waals surface area contributed by atoms with Crippen LogP contribution in [0, 0.1) is 17.6 Å². The van der Waals surface area contributed by atoms with Crippen LogP contribution in [0.2, 0.25) is 0 Å². The van der Waals surface area contributed by atoms with Crippen LogP contribution in [-0.4, -0.2) is 39.0 Å². The third kappa shape index (κ3) is 3.35. The number of alkyl halides is 1. The first-order valence-corrected chi connectivity index (χ1v) is 13.7. The summed E-state index contributed by atoms with van der Waals surface area (Å²) < 4.78 is 47.4. The van der Waals surface area contributed by atoms with Crippen molar-refractivity contribution in [2.45, 2.75) is 54.2 Å². The van der Waals surface area contributed by atoms with Gasteiger partial charge in [0.05, 0.1) is 6.04 Å². The molecule has 3 aromatic rings. The molecule has 3 atom stereocenters. The molecule has 4 heterocycles. The van der Waals surface area contributed by atoms with E-state index in [4.69, 9.17) is 0 Å². The number of nitrogens with zero attached hydrogens (tertiary/aromatic N) is 3. The largest absolute Gasteiger partial charge is 0.502 e. The van der Waals surface area contributed by atoms with Crippen molar-refractivity contribution >= 4 is 17.7 Å². The number of pyridine rings is 1. The lowest BCUT2D eigenvalue weighted by Gasteiger charge is -2.54. The van der Waals surface area contributed by atoms with E-state index in [0.717, 1.165) is 35.4 Å². The number of thioether (sulfide) groups is 1. The lowest BCUT2D eigenvalue weighted by atomic mass is 9.84. The molecule has 1 amide bonds. The molecule has 1 aromatic heterocycles. The van der Waals surface area contributed by atoms with Crippen LogP contribution in [0.1, 0.15) is 58.9 Å². The molecule has 4 aliphatic rings. The van der Waals surface area contributed by atoms with Gasteiger partial charge < -0.3 is 10.0 Å². The first-order valence-electron chi connectivity index (χ1n) is 12.7. The predicted molar refractivity (Wildman–Crippen MR) is 135 cm³/mol. The maximum atomic E-state index is 16.3. The highest BCUT2D eigenvalue weighted by Gasteiger charge is 2.55. The fourth-order valence-electron chi connectivity index (χ4n) is 6.35. The van der Waals surface area contributed by atoms with Crippen molar-refractivity contribution in [3.63, 3.8) is 0 Å². The summed E-state index contributed by atoms with van der Waals surface area (Å²) in [5.41, 5.74) is -0.943. The van der Waals surface area contributed by atoms with Gasteiger partial charge in [-0.05, 0) is 48.4 Å². The molecule has 1 saturated carbocycles. The molecule has 1 aliphatic carbocycles. The summed E-state index contributed by atoms with van der Waals surface area (Å²) in [6, 6.07) is 10.5. The van der Waals surface area contributed by atoms with Crippen molar-refractivity contribution in [2.75, 3.05) is 11.6 Å². The van der Waals surface area contributed by atoms with Crippen molar-refractivity contribution in [1.29, 1.82) is 0 Å². The highest BCUT2D eigenvalue weighted by atomic mass is 32.2. The second kappa shape index (κ2) is 8.30. The minimum atomic E-state index is -1.48. The fraction of sp³-hybridized carbons (Fsp3) is 0.357. The van der Waals surface area contributed by atoms with E-state index in [1.165, 1.54) is 33.6 Å². The number of benzene rings is 2. The number of aromatic nitrogens is 1. The van der Waals surface area contributed by atoms with Gasteiger partial charge in [-0.25, -0.2) is 13.2 Å². The van der Waals surface area contributed by atoms with Gasteiger partial charge in [-0.3, -0.25) is 19.3 Å². The monoisotopic (exact) mass is 539 g/mol. The molecule has 38 heavy (non-hydrogen) atoms. The first kappa shape index (κ1) is 23.7. The number of carbonyl (C=O) groups is 1. The Bertz CT molecular complexity index is 1560. The maximum absolute atomic E-state index is 16.3. The average molecular weight is 540 g/mol. The van der Waals surface area contributed by atoms with E-state index in [1.54, 1.807) is 5.01 Å². The third-order valence-corrected chi connectivity index (χ3v) is 9.52. The summed E-state index contributed by atoms with van der Waals surface area (Å²) >= 11 is 1.38. The molecule has 1 unspecified atom stereocenters. The van der Waals surface area contributed by atoms with Gasteiger partial charge in [0.2, 0.25) is 5.43 Å². The molecule has 0 bridgehead atoms. The SMILES string of the molecule is O=C1c2c(O)c(=O)ccn2N([C@@H]2c3ccccc3SCc3c2ccc(F)c3F)[C@@H]2CC(F)(C3CC3)CCN12. The Hall–Kier alpha value is -3.40. The molecule has 2 aromatic carbocycles. The van der Waals surface area contributed by atoms with E-state index in [1.807, 2.05) is 24.3 Å². The minimum absolute atomic E-state index is 0.0283. The van der Waals surface area contributed by atoms with Crippen LogP contribution in [0.5, 0.6) is 5.75 Å². The van der Waals surface area contributed by atoms with Crippen molar-refractivity contribution in [3.05, 3.63) is 92.9 Å². The number of halogens is 3. The standard InChI is InChI=1S/C28H24F3N3O3S/c29-19-8-7-16-18(23(19)30)14-38-21-4-2-1-3-17(21)24(16)34-22-13-28(31,15-5-6-15)10-12-32(22)27(37)25-26(36)20(35)9-11-33(25)34/h1-4,7-9,11,15,22,24,36H,5-6,10,12-14H2/t22-,24+,28?/m1/s1. The molecule has 1 N–H and O–H groups in total. The number of rotatable bonds is 2. The number of piperidine rings is 1.